The first-order chi connectivity index (χ1) is 9.54. The fourth-order valence-electron chi connectivity index (χ4n) is 1.33. The van der Waals surface area contributed by atoms with Gasteiger partial charge in [-0.2, -0.15) is 0 Å². The minimum Gasteiger partial charge on any atom is -0.490 e. The largest absolute Gasteiger partial charge is 0.490 e. The second-order valence-electron chi connectivity index (χ2n) is 3.88. The number of carbonyl (C=O) groups is 2. The minimum absolute atomic E-state index is 0.0950. The van der Waals surface area contributed by atoms with Crippen LogP contribution in [0.2, 0.25) is 0 Å². The van der Waals surface area contributed by atoms with Crippen molar-refractivity contribution >= 4 is 12.0 Å². The van der Waals surface area contributed by atoms with E-state index in [1.54, 1.807) is 18.2 Å². The van der Waals surface area contributed by atoms with E-state index in [1.165, 1.54) is 6.92 Å². The second-order valence-corrected chi connectivity index (χ2v) is 3.88. The number of para-hydroxylation sites is 2. The Morgan fingerprint density at radius 2 is 1.85 bits per heavy atom. The van der Waals surface area contributed by atoms with Crippen LogP contribution in [-0.2, 0) is 4.79 Å². The van der Waals surface area contributed by atoms with E-state index in [2.05, 4.69) is 10.6 Å². The molecule has 7 heteroatoms. The van der Waals surface area contributed by atoms with Gasteiger partial charge in [-0.1, -0.05) is 12.1 Å². The van der Waals surface area contributed by atoms with E-state index in [4.69, 9.17) is 14.6 Å². The Morgan fingerprint density at radius 1 is 1.25 bits per heavy atom. The van der Waals surface area contributed by atoms with Crippen LogP contribution < -0.4 is 20.1 Å². The Balaban J connectivity index is 2.41. The summed E-state index contributed by atoms with van der Waals surface area (Å²) in [5, 5.41) is 13.3. The predicted octanol–water partition coefficient (Wildman–Crippen LogP) is 1.19. The Labute approximate surface area is 116 Å². The van der Waals surface area contributed by atoms with Crippen molar-refractivity contribution < 1.29 is 24.2 Å². The topological polar surface area (TPSA) is 96.9 Å². The number of urea groups is 1. The van der Waals surface area contributed by atoms with Gasteiger partial charge in [-0.05, 0) is 26.0 Å². The van der Waals surface area contributed by atoms with E-state index in [-0.39, 0.29) is 6.73 Å². The highest BCUT2D eigenvalue weighted by molar-refractivity contribution is 5.81. The van der Waals surface area contributed by atoms with Crippen LogP contribution in [-0.4, -0.2) is 36.5 Å². The first kappa shape index (κ1) is 15.6. The summed E-state index contributed by atoms with van der Waals surface area (Å²) in [4.78, 5) is 21.9. The summed E-state index contributed by atoms with van der Waals surface area (Å²) >= 11 is 0. The lowest BCUT2D eigenvalue weighted by Crippen LogP contribution is -2.45. The molecule has 0 saturated heterocycles. The third kappa shape index (κ3) is 5.05. The SMILES string of the molecule is CCOc1ccccc1OCNC(=O)NC(C)C(=O)O. The molecule has 1 aromatic rings. The zero-order valence-electron chi connectivity index (χ0n) is 11.4. The molecular weight excluding hydrogens is 264 g/mol. The molecule has 1 aromatic carbocycles. The van der Waals surface area contributed by atoms with E-state index >= 15 is 0 Å². The standard InChI is InChI=1S/C13H18N2O5/c1-3-19-10-6-4-5-7-11(10)20-8-14-13(18)15-9(2)12(16)17/h4-7,9H,3,8H2,1-2H3,(H,16,17)(H2,14,15,18). The van der Waals surface area contributed by atoms with Gasteiger partial charge in [-0.15, -0.1) is 0 Å². The molecule has 0 aromatic heterocycles. The maximum atomic E-state index is 11.4. The highest BCUT2D eigenvalue weighted by Crippen LogP contribution is 2.25. The van der Waals surface area contributed by atoms with E-state index in [1.807, 2.05) is 13.0 Å². The molecule has 0 aliphatic heterocycles. The van der Waals surface area contributed by atoms with Gasteiger partial charge in [0.2, 0.25) is 0 Å². The van der Waals surface area contributed by atoms with Gasteiger partial charge >= 0.3 is 12.0 Å². The summed E-state index contributed by atoms with van der Waals surface area (Å²) in [6.45, 7) is 3.63. The molecule has 0 bridgehead atoms. The number of ether oxygens (including phenoxy) is 2. The smallest absolute Gasteiger partial charge is 0.325 e. The number of aliphatic carboxylic acids is 1. The van der Waals surface area contributed by atoms with Crippen LogP contribution in [0.4, 0.5) is 4.79 Å². The summed E-state index contributed by atoms with van der Waals surface area (Å²) in [7, 11) is 0. The van der Waals surface area contributed by atoms with Crippen molar-refractivity contribution in [3.05, 3.63) is 24.3 Å². The summed E-state index contributed by atoms with van der Waals surface area (Å²) in [5.41, 5.74) is 0. The molecule has 1 rings (SSSR count). The Hall–Kier alpha value is -2.44. The second kappa shape index (κ2) is 7.88. The van der Waals surface area contributed by atoms with Crippen molar-refractivity contribution in [2.24, 2.45) is 0 Å². The Bertz CT molecular complexity index is 464. The van der Waals surface area contributed by atoms with Gasteiger partial charge < -0.3 is 25.2 Å². The van der Waals surface area contributed by atoms with E-state index < -0.39 is 18.0 Å². The highest BCUT2D eigenvalue weighted by Gasteiger charge is 2.13. The van der Waals surface area contributed by atoms with Crippen molar-refractivity contribution in [1.82, 2.24) is 10.6 Å². The first-order valence-electron chi connectivity index (χ1n) is 6.16. The van der Waals surface area contributed by atoms with Crippen LogP contribution in [0.3, 0.4) is 0 Å². The number of nitrogens with one attached hydrogen (secondary N) is 2. The lowest BCUT2D eigenvalue weighted by molar-refractivity contribution is -0.138. The molecule has 3 N–H and O–H groups in total. The number of carboxylic acid groups (broad SMARTS) is 1. The fourth-order valence-corrected chi connectivity index (χ4v) is 1.33. The van der Waals surface area contributed by atoms with Crippen molar-refractivity contribution in [2.45, 2.75) is 19.9 Å². The molecule has 110 valence electrons. The lowest BCUT2D eigenvalue weighted by atomic mass is 10.3. The molecule has 0 aliphatic rings. The molecule has 0 heterocycles. The van der Waals surface area contributed by atoms with Crippen LogP contribution in [0.1, 0.15) is 13.8 Å². The highest BCUT2D eigenvalue weighted by atomic mass is 16.5. The van der Waals surface area contributed by atoms with Crippen molar-refractivity contribution in [3.63, 3.8) is 0 Å². The zero-order valence-corrected chi connectivity index (χ0v) is 11.4. The summed E-state index contributed by atoms with van der Waals surface area (Å²) < 4.78 is 10.7. The van der Waals surface area contributed by atoms with Gasteiger partial charge in [-0.3, -0.25) is 4.79 Å². The van der Waals surface area contributed by atoms with E-state index in [0.29, 0.717) is 18.1 Å². The quantitative estimate of drug-likeness (QED) is 0.653. The Kier molecular flexibility index (Phi) is 6.15. The van der Waals surface area contributed by atoms with E-state index in [0.717, 1.165) is 0 Å². The summed E-state index contributed by atoms with van der Waals surface area (Å²) in [5.74, 6) is -0.0280. The number of benzene rings is 1. The van der Waals surface area contributed by atoms with E-state index in [9.17, 15) is 9.59 Å². The fraction of sp³-hybridized carbons (Fsp3) is 0.385. The number of hydrogen-bond acceptors (Lipinski definition) is 4. The van der Waals surface area contributed by atoms with Crippen molar-refractivity contribution in [3.8, 4) is 11.5 Å². The number of rotatable bonds is 7. The first-order valence-corrected chi connectivity index (χ1v) is 6.16. The minimum atomic E-state index is -1.11. The summed E-state index contributed by atoms with van der Waals surface area (Å²) in [6, 6.07) is 5.48. The van der Waals surface area contributed by atoms with Gasteiger partial charge in [0.15, 0.2) is 18.2 Å². The van der Waals surface area contributed by atoms with Crippen molar-refractivity contribution in [2.75, 3.05) is 13.3 Å². The Morgan fingerprint density at radius 3 is 2.40 bits per heavy atom. The van der Waals surface area contributed by atoms with Gasteiger partial charge in [0.1, 0.15) is 6.04 Å². The molecule has 0 radical (unpaired) electrons. The average molecular weight is 282 g/mol. The van der Waals surface area contributed by atoms with Crippen LogP contribution >= 0.6 is 0 Å². The van der Waals surface area contributed by atoms with Gasteiger partial charge in [-0.25, -0.2) is 4.79 Å². The molecule has 7 nitrogen and oxygen atoms in total. The van der Waals surface area contributed by atoms with Crippen LogP contribution in [0.15, 0.2) is 24.3 Å². The zero-order chi connectivity index (χ0) is 15.0. The molecule has 0 saturated carbocycles. The molecule has 1 unspecified atom stereocenters. The third-order valence-electron chi connectivity index (χ3n) is 2.33. The van der Waals surface area contributed by atoms with Gasteiger partial charge in [0, 0.05) is 0 Å². The maximum Gasteiger partial charge on any atom is 0.325 e. The molecule has 0 aliphatic carbocycles. The number of carbonyl (C=O) groups excluding carboxylic acids is 1. The molecular formula is C13H18N2O5. The van der Waals surface area contributed by atoms with Crippen LogP contribution in [0.25, 0.3) is 0 Å². The molecule has 0 fully saturated rings. The molecule has 0 spiro atoms. The van der Waals surface area contributed by atoms with Crippen LogP contribution in [0, 0.1) is 0 Å². The molecule has 20 heavy (non-hydrogen) atoms. The number of carboxylic acids is 1. The maximum absolute atomic E-state index is 11.4. The average Bonchev–Trinajstić information content (AvgIpc) is 2.40. The molecule has 1 atom stereocenters. The monoisotopic (exact) mass is 282 g/mol. The van der Waals surface area contributed by atoms with Crippen LogP contribution in [0.5, 0.6) is 11.5 Å². The predicted molar refractivity (Wildman–Crippen MR) is 71.9 cm³/mol. The lowest BCUT2D eigenvalue weighted by Gasteiger charge is -2.13. The molecule has 2 amide bonds. The number of amides is 2. The summed E-state index contributed by atoms with van der Waals surface area (Å²) in [6.07, 6.45) is 0. The normalized spacial score (nSPS) is 11.3. The van der Waals surface area contributed by atoms with Crippen molar-refractivity contribution in [1.29, 1.82) is 0 Å². The van der Waals surface area contributed by atoms with Gasteiger partial charge in [0.25, 0.3) is 0 Å². The van der Waals surface area contributed by atoms with Gasteiger partial charge in [0.05, 0.1) is 6.61 Å². The third-order valence-corrected chi connectivity index (χ3v) is 2.33. The number of hydrogen-bond donors (Lipinski definition) is 3.